The van der Waals surface area contributed by atoms with E-state index in [1.165, 1.54) is 8.47 Å². The van der Waals surface area contributed by atoms with Gasteiger partial charge in [-0.1, -0.05) is 102 Å². The van der Waals surface area contributed by atoms with Crippen molar-refractivity contribution in [2.75, 3.05) is 0 Å². The predicted octanol–water partition coefficient (Wildman–Crippen LogP) is 10.5. The van der Waals surface area contributed by atoms with Crippen LogP contribution in [-0.4, -0.2) is 0 Å². The third-order valence-electron chi connectivity index (χ3n) is 4.79. The zero-order chi connectivity index (χ0) is 20.3. The highest BCUT2D eigenvalue weighted by Crippen LogP contribution is 2.67. The number of hydrogen-bond acceptors (Lipinski definition) is 6. The van der Waals surface area contributed by atoms with Crippen molar-refractivity contribution in [1.82, 2.24) is 0 Å². The third-order valence-corrected chi connectivity index (χ3v) is 14.7. The van der Waals surface area contributed by atoms with Gasteiger partial charge in [-0.25, -0.2) is 0 Å². The van der Waals surface area contributed by atoms with E-state index in [1.807, 2.05) is 69.7 Å². The van der Waals surface area contributed by atoms with Crippen molar-refractivity contribution < 1.29 is 0 Å². The molecule has 0 bridgehead atoms. The molecule has 0 N–H and O–H groups in total. The standard InChI is InChI=1S/C22H28S6/c1-9(2)13-17-18(14(23-13)10(3)4)26-21(25-17)22-27-19-15(11(5)6)24-16(12(7)8)20(19)28-22/h9-12H,1-8H3. The third kappa shape index (κ3) is 3.69. The molecule has 0 radical (unpaired) electrons. The molecule has 4 heterocycles. The van der Waals surface area contributed by atoms with E-state index in [0.717, 1.165) is 0 Å². The van der Waals surface area contributed by atoms with Crippen molar-refractivity contribution >= 4 is 69.7 Å². The first-order valence-corrected chi connectivity index (χ1v) is 14.9. The van der Waals surface area contributed by atoms with Crippen molar-refractivity contribution in [2.24, 2.45) is 0 Å². The molecule has 0 aromatic carbocycles. The highest BCUT2D eigenvalue weighted by molar-refractivity contribution is 8.30. The number of thiophene rings is 2. The van der Waals surface area contributed by atoms with Crippen molar-refractivity contribution in [3.63, 3.8) is 0 Å². The van der Waals surface area contributed by atoms with Crippen LogP contribution < -0.4 is 0 Å². The van der Waals surface area contributed by atoms with Crippen molar-refractivity contribution in [1.29, 1.82) is 0 Å². The maximum Gasteiger partial charge on any atom is 0.0707 e. The molecule has 4 rings (SSSR count). The molecular weight excluding hydrogens is 457 g/mol. The Morgan fingerprint density at radius 1 is 0.393 bits per heavy atom. The fourth-order valence-electron chi connectivity index (χ4n) is 3.36. The van der Waals surface area contributed by atoms with Crippen LogP contribution in [-0.2, 0) is 0 Å². The van der Waals surface area contributed by atoms with Gasteiger partial charge in [0, 0.05) is 39.1 Å². The average molecular weight is 485 g/mol. The second-order valence-corrected chi connectivity index (χ2v) is 15.3. The minimum atomic E-state index is 0.605. The molecule has 6 heteroatoms. The lowest BCUT2D eigenvalue weighted by molar-refractivity contribution is 0.847. The van der Waals surface area contributed by atoms with Gasteiger partial charge in [0.15, 0.2) is 0 Å². The molecule has 0 saturated carbocycles. The maximum absolute atomic E-state index is 2.34. The van der Waals surface area contributed by atoms with Crippen molar-refractivity contribution in [3.8, 4) is 0 Å². The van der Waals surface area contributed by atoms with Gasteiger partial charge in [-0.05, 0) is 23.7 Å². The smallest absolute Gasteiger partial charge is 0.0707 e. The number of fused-ring (bicyclic) bond motifs is 2. The summed E-state index contributed by atoms with van der Waals surface area (Å²) < 4.78 is 3.03. The lowest BCUT2D eigenvalue weighted by Crippen LogP contribution is -1.84. The summed E-state index contributed by atoms with van der Waals surface area (Å²) in [6.07, 6.45) is 0. The molecule has 0 saturated heterocycles. The molecule has 0 amide bonds. The van der Waals surface area contributed by atoms with E-state index >= 15 is 0 Å². The first-order valence-electron chi connectivity index (χ1n) is 9.97. The van der Waals surface area contributed by atoms with E-state index in [-0.39, 0.29) is 0 Å². The summed E-state index contributed by atoms with van der Waals surface area (Å²) in [6, 6.07) is 0. The van der Waals surface area contributed by atoms with E-state index in [0.29, 0.717) is 23.7 Å². The van der Waals surface area contributed by atoms with E-state index in [9.17, 15) is 0 Å². The highest BCUT2D eigenvalue weighted by atomic mass is 32.2. The van der Waals surface area contributed by atoms with Gasteiger partial charge in [-0.3, -0.25) is 0 Å². The van der Waals surface area contributed by atoms with Gasteiger partial charge in [-0.15, -0.1) is 22.7 Å². The van der Waals surface area contributed by atoms with Crippen LogP contribution in [0, 0.1) is 0 Å². The van der Waals surface area contributed by atoms with Gasteiger partial charge in [0.25, 0.3) is 0 Å². The summed E-state index contributed by atoms with van der Waals surface area (Å²) in [7, 11) is 0. The first kappa shape index (κ1) is 21.8. The van der Waals surface area contributed by atoms with Gasteiger partial charge >= 0.3 is 0 Å². The lowest BCUT2D eigenvalue weighted by atomic mass is 10.1. The minimum Gasteiger partial charge on any atom is -0.142 e. The zero-order valence-electron chi connectivity index (χ0n) is 17.8. The van der Waals surface area contributed by atoms with E-state index < -0.39 is 0 Å². The van der Waals surface area contributed by atoms with Crippen LogP contribution in [0.5, 0.6) is 0 Å². The van der Waals surface area contributed by atoms with Gasteiger partial charge < -0.3 is 0 Å². The molecule has 2 aliphatic heterocycles. The van der Waals surface area contributed by atoms with Crippen LogP contribution in [0.3, 0.4) is 0 Å². The summed E-state index contributed by atoms with van der Waals surface area (Å²) >= 11 is 12.3. The molecule has 28 heavy (non-hydrogen) atoms. The Bertz CT molecular complexity index is 794. The largest absolute Gasteiger partial charge is 0.142 e. The Labute approximate surface area is 195 Å². The normalized spacial score (nSPS) is 16.4. The Morgan fingerprint density at radius 2 is 0.607 bits per heavy atom. The number of rotatable bonds is 4. The summed E-state index contributed by atoms with van der Waals surface area (Å²) in [6.45, 7) is 18.7. The Balaban J connectivity index is 1.72. The average Bonchev–Trinajstić information content (AvgIpc) is 3.31. The molecule has 0 aliphatic carbocycles. The van der Waals surface area contributed by atoms with Crippen LogP contribution >= 0.6 is 69.7 Å². The van der Waals surface area contributed by atoms with Crippen LogP contribution in [0.15, 0.2) is 28.1 Å². The van der Waals surface area contributed by atoms with Gasteiger partial charge in [0.2, 0.25) is 0 Å². The molecule has 152 valence electrons. The van der Waals surface area contributed by atoms with Crippen LogP contribution in [0.4, 0.5) is 0 Å². The van der Waals surface area contributed by atoms with Crippen molar-refractivity contribution in [3.05, 3.63) is 28.0 Å². The summed E-state index contributed by atoms with van der Waals surface area (Å²) in [4.78, 5) is 12.6. The second-order valence-electron chi connectivity index (χ2n) is 8.58. The minimum absolute atomic E-state index is 0.605. The lowest BCUT2D eigenvalue weighted by Gasteiger charge is -2.08. The quantitative estimate of drug-likeness (QED) is 0.423. The molecule has 0 unspecified atom stereocenters. The fourth-order valence-corrected chi connectivity index (χ4v) is 12.9. The summed E-state index contributed by atoms with van der Waals surface area (Å²) in [5.41, 5.74) is 0. The molecule has 0 atom stereocenters. The van der Waals surface area contributed by atoms with Crippen LogP contribution in [0.25, 0.3) is 0 Å². The number of thioether (sulfide) groups is 4. The Morgan fingerprint density at radius 3 is 0.786 bits per heavy atom. The molecule has 0 nitrogen and oxygen atoms in total. The summed E-state index contributed by atoms with van der Waals surface area (Å²) in [5, 5.41) is 0. The van der Waals surface area contributed by atoms with E-state index in [2.05, 4.69) is 55.4 Å². The molecular formula is C22H28S6. The second kappa shape index (κ2) is 8.23. The van der Waals surface area contributed by atoms with Crippen LogP contribution in [0.2, 0.25) is 0 Å². The summed E-state index contributed by atoms with van der Waals surface area (Å²) in [5.74, 6) is 2.42. The van der Waals surface area contributed by atoms with Crippen LogP contribution in [0.1, 0.15) is 98.6 Å². The predicted molar refractivity (Wildman–Crippen MR) is 135 cm³/mol. The first-order chi connectivity index (χ1) is 13.2. The maximum atomic E-state index is 2.34. The fraction of sp³-hybridized carbons (Fsp3) is 0.545. The van der Waals surface area contributed by atoms with Crippen molar-refractivity contribution in [2.45, 2.75) is 98.6 Å². The molecule has 0 spiro atoms. The molecule has 2 aromatic heterocycles. The van der Waals surface area contributed by atoms with Gasteiger partial charge in [0.05, 0.1) is 8.47 Å². The molecule has 2 aliphatic rings. The topological polar surface area (TPSA) is 0 Å². The Hall–Kier alpha value is 0.540. The van der Waals surface area contributed by atoms with E-state index in [1.54, 1.807) is 39.1 Å². The molecule has 0 fully saturated rings. The highest BCUT2D eigenvalue weighted by Gasteiger charge is 2.36. The molecule has 2 aromatic rings. The van der Waals surface area contributed by atoms with Gasteiger partial charge in [0.1, 0.15) is 0 Å². The monoisotopic (exact) mass is 484 g/mol. The Kier molecular flexibility index (Phi) is 6.40. The number of hydrogen-bond donors (Lipinski definition) is 0. The SMILES string of the molecule is CC(C)c1sc(C(C)C)c2c1SC(=C1Sc3c(C(C)C)sc(C(C)C)c3S1)S2. The zero-order valence-corrected chi connectivity index (χ0v) is 22.7. The van der Waals surface area contributed by atoms with E-state index in [4.69, 9.17) is 0 Å². The van der Waals surface area contributed by atoms with Gasteiger partial charge in [-0.2, -0.15) is 0 Å².